The lowest BCUT2D eigenvalue weighted by atomic mass is 10.1. The highest BCUT2D eigenvalue weighted by Crippen LogP contribution is 2.05. The van der Waals surface area contributed by atoms with Gasteiger partial charge in [0.15, 0.2) is 0 Å². The van der Waals surface area contributed by atoms with Gasteiger partial charge in [-0.2, -0.15) is 0 Å². The number of rotatable bonds is 5. The first kappa shape index (κ1) is 9.96. The standard InChI is InChI=1S/C9H19NO2/c1-8(2-4-11)6-10-9-3-5-12-7-9/h8-11H,2-7H2,1H3. The summed E-state index contributed by atoms with van der Waals surface area (Å²) in [7, 11) is 0. The normalized spacial score (nSPS) is 26.0. The molecule has 0 aromatic rings. The summed E-state index contributed by atoms with van der Waals surface area (Å²) < 4.78 is 5.24. The van der Waals surface area contributed by atoms with Crippen molar-refractivity contribution in [2.45, 2.75) is 25.8 Å². The number of hydrogen-bond acceptors (Lipinski definition) is 3. The van der Waals surface area contributed by atoms with E-state index in [0.29, 0.717) is 18.6 Å². The highest BCUT2D eigenvalue weighted by molar-refractivity contribution is 4.72. The van der Waals surface area contributed by atoms with Crippen molar-refractivity contribution < 1.29 is 9.84 Å². The molecule has 72 valence electrons. The molecule has 3 heteroatoms. The number of nitrogens with one attached hydrogen (secondary N) is 1. The first-order valence-electron chi connectivity index (χ1n) is 4.75. The Hall–Kier alpha value is -0.120. The number of hydrogen-bond donors (Lipinski definition) is 2. The molecule has 2 atom stereocenters. The van der Waals surface area contributed by atoms with Crippen LogP contribution < -0.4 is 5.32 Å². The van der Waals surface area contributed by atoms with Crippen molar-refractivity contribution >= 4 is 0 Å². The van der Waals surface area contributed by atoms with E-state index >= 15 is 0 Å². The van der Waals surface area contributed by atoms with Gasteiger partial charge in [-0.25, -0.2) is 0 Å². The number of aliphatic hydroxyl groups is 1. The Bertz CT molecular complexity index is 113. The predicted octanol–water partition coefficient (Wildman–Crippen LogP) is 0.383. The smallest absolute Gasteiger partial charge is 0.0620 e. The average Bonchev–Trinajstić information content (AvgIpc) is 2.53. The Morgan fingerprint density at radius 3 is 3.08 bits per heavy atom. The Labute approximate surface area is 74.1 Å². The van der Waals surface area contributed by atoms with Gasteiger partial charge in [-0.3, -0.25) is 0 Å². The molecule has 0 spiro atoms. The molecule has 0 aliphatic carbocycles. The van der Waals surface area contributed by atoms with Crippen LogP contribution in [0.15, 0.2) is 0 Å². The molecule has 1 aliphatic heterocycles. The molecule has 1 heterocycles. The third-order valence-corrected chi connectivity index (χ3v) is 2.31. The van der Waals surface area contributed by atoms with Gasteiger partial charge in [0, 0.05) is 19.3 Å². The number of ether oxygens (including phenoxy) is 1. The van der Waals surface area contributed by atoms with Gasteiger partial charge in [0.05, 0.1) is 6.61 Å². The van der Waals surface area contributed by atoms with Gasteiger partial charge in [0.2, 0.25) is 0 Å². The summed E-state index contributed by atoms with van der Waals surface area (Å²) in [4.78, 5) is 0. The van der Waals surface area contributed by atoms with Crippen molar-refractivity contribution in [1.29, 1.82) is 0 Å². The third-order valence-electron chi connectivity index (χ3n) is 2.31. The van der Waals surface area contributed by atoms with Crippen LogP contribution in [0.2, 0.25) is 0 Å². The minimum atomic E-state index is 0.296. The molecule has 0 saturated carbocycles. The van der Waals surface area contributed by atoms with E-state index in [1.807, 2.05) is 0 Å². The number of aliphatic hydroxyl groups excluding tert-OH is 1. The maximum atomic E-state index is 8.68. The second-order valence-corrected chi connectivity index (χ2v) is 3.59. The second kappa shape index (κ2) is 5.51. The van der Waals surface area contributed by atoms with Crippen LogP contribution in [0.3, 0.4) is 0 Å². The van der Waals surface area contributed by atoms with Gasteiger partial charge in [0.25, 0.3) is 0 Å². The Morgan fingerprint density at radius 2 is 2.50 bits per heavy atom. The van der Waals surface area contributed by atoms with E-state index < -0.39 is 0 Å². The first-order chi connectivity index (χ1) is 5.83. The van der Waals surface area contributed by atoms with Gasteiger partial charge in [-0.05, 0) is 25.3 Å². The average molecular weight is 173 g/mol. The molecular weight excluding hydrogens is 154 g/mol. The summed E-state index contributed by atoms with van der Waals surface area (Å²) in [6.07, 6.45) is 2.02. The zero-order valence-corrected chi connectivity index (χ0v) is 7.75. The van der Waals surface area contributed by atoms with Crippen molar-refractivity contribution in [1.82, 2.24) is 5.32 Å². The van der Waals surface area contributed by atoms with Crippen LogP contribution in [0.25, 0.3) is 0 Å². The SMILES string of the molecule is CC(CCO)CNC1CCOC1. The zero-order chi connectivity index (χ0) is 8.81. The highest BCUT2D eigenvalue weighted by Gasteiger charge is 2.15. The molecule has 12 heavy (non-hydrogen) atoms. The molecule has 0 aromatic carbocycles. The lowest BCUT2D eigenvalue weighted by Gasteiger charge is -2.14. The summed E-state index contributed by atoms with van der Waals surface area (Å²) in [6, 6.07) is 0.547. The van der Waals surface area contributed by atoms with Crippen LogP contribution in [-0.4, -0.2) is 37.5 Å². The first-order valence-corrected chi connectivity index (χ1v) is 4.75. The maximum absolute atomic E-state index is 8.68. The monoisotopic (exact) mass is 173 g/mol. The quantitative estimate of drug-likeness (QED) is 0.631. The molecule has 2 N–H and O–H groups in total. The molecule has 1 fully saturated rings. The van der Waals surface area contributed by atoms with Crippen molar-refractivity contribution in [3.05, 3.63) is 0 Å². The lowest BCUT2D eigenvalue weighted by Crippen LogP contribution is -2.33. The van der Waals surface area contributed by atoms with Crippen LogP contribution in [0.4, 0.5) is 0 Å². The van der Waals surface area contributed by atoms with E-state index in [0.717, 1.165) is 32.6 Å². The zero-order valence-electron chi connectivity index (χ0n) is 7.75. The molecule has 1 saturated heterocycles. The van der Waals surface area contributed by atoms with Crippen LogP contribution >= 0.6 is 0 Å². The Balaban J connectivity index is 1.99. The van der Waals surface area contributed by atoms with Gasteiger partial charge in [0.1, 0.15) is 0 Å². The van der Waals surface area contributed by atoms with Crippen LogP contribution in [-0.2, 0) is 4.74 Å². The van der Waals surface area contributed by atoms with Gasteiger partial charge in [-0.1, -0.05) is 6.92 Å². The van der Waals surface area contributed by atoms with Crippen LogP contribution in [0.5, 0.6) is 0 Å². The van der Waals surface area contributed by atoms with Crippen LogP contribution in [0, 0.1) is 5.92 Å². The van der Waals surface area contributed by atoms with E-state index in [9.17, 15) is 0 Å². The lowest BCUT2D eigenvalue weighted by molar-refractivity contribution is 0.188. The minimum Gasteiger partial charge on any atom is -0.396 e. The van der Waals surface area contributed by atoms with Gasteiger partial charge < -0.3 is 15.2 Å². The van der Waals surface area contributed by atoms with E-state index in [-0.39, 0.29) is 0 Å². The summed E-state index contributed by atoms with van der Waals surface area (Å²) in [5.74, 6) is 0.565. The summed E-state index contributed by atoms with van der Waals surface area (Å²) >= 11 is 0. The summed E-state index contributed by atoms with van der Waals surface area (Å²) in [5, 5.41) is 12.1. The third kappa shape index (κ3) is 3.52. The molecule has 0 bridgehead atoms. The highest BCUT2D eigenvalue weighted by atomic mass is 16.5. The van der Waals surface area contributed by atoms with E-state index in [1.165, 1.54) is 0 Å². The molecule has 2 unspecified atom stereocenters. The molecule has 1 rings (SSSR count). The Morgan fingerprint density at radius 1 is 1.67 bits per heavy atom. The molecule has 0 amide bonds. The molecule has 0 aromatic heterocycles. The predicted molar refractivity (Wildman–Crippen MR) is 48.1 cm³/mol. The van der Waals surface area contributed by atoms with Crippen molar-refractivity contribution in [3.8, 4) is 0 Å². The van der Waals surface area contributed by atoms with Crippen LogP contribution in [0.1, 0.15) is 19.8 Å². The molecule has 0 radical (unpaired) electrons. The minimum absolute atomic E-state index is 0.296. The summed E-state index contributed by atoms with van der Waals surface area (Å²) in [5.41, 5.74) is 0. The molecule has 1 aliphatic rings. The largest absolute Gasteiger partial charge is 0.396 e. The van der Waals surface area contributed by atoms with E-state index in [2.05, 4.69) is 12.2 Å². The van der Waals surface area contributed by atoms with Gasteiger partial charge in [-0.15, -0.1) is 0 Å². The van der Waals surface area contributed by atoms with Crippen molar-refractivity contribution in [2.24, 2.45) is 5.92 Å². The fraction of sp³-hybridized carbons (Fsp3) is 1.00. The summed E-state index contributed by atoms with van der Waals surface area (Å²) in [6.45, 7) is 5.19. The topological polar surface area (TPSA) is 41.5 Å². The van der Waals surface area contributed by atoms with Gasteiger partial charge >= 0.3 is 0 Å². The fourth-order valence-electron chi connectivity index (χ4n) is 1.39. The Kier molecular flexibility index (Phi) is 4.58. The van der Waals surface area contributed by atoms with E-state index in [4.69, 9.17) is 9.84 Å². The van der Waals surface area contributed by atoms with Crippen molar-refractivity contribution in [2.75, 3.05) is 26.4 Å². The maximum Gasteiger partial charge on any atom is 0.0620 e. The van der Waals surface area contributed by atoms with E-state index in [1.54, 1.807) is 0 Å². The van der Waals surface area contributed by atoms with Crippen molar-refractivity contribution in [3.63, 3.8) is 0 Å². The second-order valence-electron chi connectivity index (χ2n) is 3.59. The molecule has 3 nitrogen and oxygen atoms in total. The fourth-order valence-corrected chi connectivity index (χ4v) is 1.39. The molecular formula is C9H19NO2.